The standard InChI is InChI=1S/C9H9F5N2O2S/c10-6-3-5(15)1-2-7(6)19(17,18)16-4-9(13,14)8(11)12/h1-3,8,16H,4,15H2. The Bertz CT molecular complexity index is 562. The van der Waals surface area contributed by atoms with E-state index in [0.717, 1.165) is 12.1 Å². The maximum atomic E-state index is 13.3. The van der Waals surface area contributed by atoms with Crippen LogP contribution >= 0.6 is 0 Å². The van der Waals surface area contributed by atoms with Crippen molar-refractivity contribution >= 4 is 15.7 Å². The molecule has 1 aromatic rings. The van der Waals surface area contributed by atoms with Gasteiger partial charge in [0.25, 0.3) is 0 Å². The van der Waals surface area contributed by atoms with Gasteiger partial charge in [0.05, 0.1) is 6.54 Å². The van der Waals surface area contributed by atoms with Crippen LogP contribution < -0.4 is 10.5 Å². The first-order valence-corrected chi connectivity index (χ1v) is 6.25. The number of hydrogen-bond acceptors (Lipinski definition) is 3. The molecule has 0 heterocycles. The highest BCUT2D eigenvalue weighted by Gasteiger charge is 2.41. The molecule has 0 saturated heterocycles. The van der Waals surface area contributed by atoms with Crippen molar-refractivity contribution < 1.29 is 30.4 Å². The molecule has 0 aliphatic heterocycles. The lowest BCUT2D eigenvalue weighted by molar-refractivity contribution is -0.122. The Morgan fingerprint density at radius 1 is 1.32 bits per heavy atom. The summed E-state index contributed by atoms with van der Waals surface area (Å²) in [5, 5.41) is 0. The van der Waals surface area contributed by atoms with Crippen molar-refractivity contribution in [2.75, 3.05) is 12.3 Å². The number of sulfonamides is 1. The minimum absolute atomic E-state index is 0.0747. The summed E-state index contributed by atoms with van der Waals surface area (Å²) in [6, 6.07) is 2.44. The summed E-state index contributed by atoms with van der Waals surface area (Å²) >= 11 is 0. The van der Waals surface area contributed by atoms with E-state index in [0.29, 0.717) is 6.07 Å². The number of halogens is 5. The van der Waals surface area contributed by atoms with E-state index in [9.17, 15) is 30.4 Å². The van der Waals surface area contributed by atoms with Crippen LogP contribution in [0.5, 0.6) is 0 Å². The van der Waals surface area contributed by atoms with Gasteiger partial charge >= 0.3 is 12.3 Å². The number of benzene rings is 1. The highest BCUT2D eigenvalue weighted by atomic mass is 32.2. The highest BCUT2D eigenvalue weighted by molar-refractivity contribution is 7.89. The Morgan fingerprint density at radius 2 is 1.89 bits per heavy atom. The Kier molecular flexibility index (Phi) is 4.35. The fourth-order valence-electron chi connectivity index (χ4n) is 1.08. The lowest BCUT2D eigenvalue weighted by atomic mass is 10.3. The van der Waals surface area contributed by atoms with Gasteiger partial charge in [-0.3, -0.25) is 0 Å². The van der Waals surface area contributed by atoms with Crippen molar-refractivity contribution in [3.8, 4) is 0 Å². The SMILES string of the molecule is Nc1ccc(S(=O)(=O)NCC(F)(F)C(F)F)c(F)c1. The summed E-state index contributed by atoms with van der Waals surface area (Å²) in [5.41, 5.74) is 5.10. The Hall–Kier alpha value is -1.42. The minimum atomic E-state index is -4.67. The van der Waals surface area contributed by atoms with Crippen LogP contribution in [0.2, 0.25) is 0 Å². The van der Waals surface area contributed by atoms with Gasteiger partial charge in [-0.2, -0.15) is 8.78 Å². The van der Waals surface area contributed by atoms with Crippen molar-refractivity contribution in [3.63, 3.8) is 0 Å². The predicted octanol–water partition coefficient (Wildman–Crippen LogP) is 1.59. The largest absolute Gasteiger partial charge is 0.399 e. The van der Waals surface area contributed by atoms with E-state index in [1.807, 2.05) is 0 Å². The number of alkyl halides is 4. The topological polar surface area (TPSA) is 72.2 Å². The average molecular weight is 304 g/mol. The maximum Gasteiger partial charge on any atom is 0.320 e. The Morgan fingerprint density at radius 3 is 2.37 bits per heavy atom. The van der Waals surface area contributed by atoms with E-state index < -0.39 is 39.6 Å². The van der Waals surface area contributed by atoms with Gasteiger partial charge in [-0.25, -0.2) is 26.3 Å². The van der Waals surface area contributed by atoms with Crippen molar-refractivity contribution in [1.82, 2.24) is 4.72 Å². The van der Waals surface area contributed by atoms with Crippen LogP contribution in [0.25, 0.3) is 0 Å². The summed E-state index contributed by atoms with van der Waals surface area (Å²) < 4.78 is 86.3. The molecule has 0 bridgehead atoms. The smallest absolute Gasteiger partial charge is 0.320 e. The van der Waals surface area contributed by atoms with Crippen LogP contribution in [0.15, 0.2) is 23.1 Å². The van der Waals surface area contributed by atoms with Gasteiger partial charge in [0.1, 0.15) is 10.7 Å². The van der Waals surface area contributed by atoms with Crippen LogP contribution in [-0.2, 0) is 10.0 Å². The molecule has 0 atom stereocenters. The predicted molar refractivity (Wildman–Crippen MR) is 57.0 cm³/mol. The summed E-state index contributed by atoms with van der Waals surface area (Å²) in [5.74, 6) is -5.81. The van der Waals surface area contributed by atoms with E-state index >= 15 is 0 Å². The molecular formula is C9H9F5N2O2S. The summed E-state index contributed by atoms with van der Waals surface area (Å²) in [6.45, 7) is -1.84. The molecule has 0 aliphatic carbocycles. The van der Waals surface area contributed by atoms with Gasteiger partial charge in [0.2, 0.25) is 10.0 Å². The summed E-state index contributed by atoms with van der Waals surface area (Å²) in [6.07, 6.45) is -4.04. The van der Waals surface area contributed by atoms with Crippen LogP contribution in [-0.4, -0.2) is 27.3 Å². The Labute approximate surface area is 105 Å². The maximum absolute atomic E-state index is 13.3. The Balaban J connectivity index is 2.94. The fourth-order valence-corrected chi connectivity index (χ4v) is 2.18. The van der Waals surface area contributed by atoms with Gasteiger partial charge in [-0.1, -0.05) is 0 Å². The van der Waals surface area contributed by atoms with E-state index in [-0.39, 0.29) is 5.69 Å². The quantitative estimate of drug-likeness (QED) is 0.641. The molecule has 19 heavy (non-hydrogen) atoms. The number of anilines is 1. The molecular weight excluding hydrogens is 295 g/mol. The van der Waals surface area contributed by atoms with Gasteiger partial charge < -0.3 is 5.73 Å². The molecule has 0 fully saturated rings. The second-order valence-corrected chi connectivity index (χ2v) is 5.31. The molecule has 4 nitrogen and oxygen atoms in total. The monoisotopic (exact) mass is 304 g/mol. The van der Waals surface area contributed by atoms with Crippen molar-refractivity contribution in [3.05, 3.63) is 24.0 Å². The lowest BCUT2D eigenvalue weighted by Crippen LogP contribution is -2.41. The minimum Gasteiger partial charge on any atom is -0.399 e. The zero-order valence-corrected chi connectivity index (χ0v) is 10.0. The zero-order valence-electron chi connectivity index (χ0n) is 9.21. The molecule has 1 aromatic carbocycles. The normalized spacial score (nSPS) is 12.9. The number of nitrogens with one attached hydrogen (secondary N) is 1. The first-order chi connectivity index (χ1) is 8.56. The van der Waals surface area contributed by atoms with E-state index in [2.05, 4.69) is 0 Å². The molecule has 0 spiro atoms. The van der Waals surface area contributed by atoms with Gasteiger partial charge in [0, 0.05) is 5.69 Å². The van der Waals surface area contributed by atoms with Crippen LogP contribution in [0.3, 0.4) is 0 Å². The fraction of sp³-hybridized carbons (Fsp3) is 0.333. The zero-order chi connectivity index (χ0) is 14.8. The van der Waals surface area contributed by atoms with E-state index in [4.69, 9.17) is 5.73 Å². The van der Waals surface area contributed by atoms with Gasteiger partial charge in [0.15, 0.2) is 0 Å². The third-order valence-electron chi connectivity index (χ3n) is 2.06. The first kappa shape index (κ1) is 15.6. The number of hydrogen-bond donors (Lipinski definition) is 2. The lowest BCUT2D eigenvalue weighted by Gasteiger charge is -2.16. The van der Waals surface area contributed by atoms with E-state index in [1.165, 1.54) is 4.72 Å². The molecule has 0 radical (unpaired) electrons. The summed E-state index contributed by atoms with van der Waals surface area (Å²) in [7, 11) is -4.67. The van der Waals surface area contributed by atoms with Crippen molar-refractivity contribution in [1.29, 1.82) is 0 Å². The third-order valence-corrected chi connectivity index (χ3v) is 3.50. The van der Waals surface area contributed by atoms with Gasteiger partial charge in [-0.05, 0) is 18.2 Å². The third kappa shape index (κ3) is 3.77. The molecule has 0 saturated carbocycles. The van der Waals surface area contributed by atoms with Crippen LogP contribution in [0, 0.1) is 5.82 Å². The van der Waals surface area contributed by atoms with Crippen LogP contribution in [0.4, 0.5) is 27.6 Å². The first-order valence-electron chi connectivity index (χ1n) is 4.77. The highest BCUT2D eigenvalue weighted by Crippen LogP contribution is 2.23. The number of nitrogens with two attached hydrogens (primary N) is 1. The van der Waals surface area contributed by atoms with Crippen molar-refractivity contribution in [2.24, 2.45) is 0 Å². The van der Waals surface area contributed by atoms with Gasteiger partial charge in [-0.15, -0.1) is 0 Å². The molecule has 0 aromatic heterocycles. The molecule has 0 unspecified atom stereocenters. The second kappa shape index (κ2) is 5.29. The van der Waals surface area contributed by atoms with Crippen LogP contribution in [0.1, 0.15) is 0 Å². The average Bonchev–Trinajstić information content (AvgIpc) is 2.26. The molecule has 0 aliphatic rings. The second-order valence-electron chi connectivity index (χ2n) is 3.58. The van der Waals surface area contributed by atoms with Crippen molar-refractivity contribution in [2.45, 2.75) is 17.2 Å². The molecule has 10 heteroatoms. The number of rotatable bonds is 5. The number of nitrogen functional groups attached to an aromatic ring is 1. The molecule has 1 rings (SSSR count). The van der Waals surface area contributed by atoms with E-state index in [1.54, 1.807) is 0 Å². The summed E-state index contributed by atoms with van der Waals surface area (Å²) in [4.78, 5) is -0.952. The molecule has 108 valence electrons. The molecule has 0 amide bonds. The molecule has 3 N–H and O–H groups in total.